The lowest BCUT2D eigenvalue weighted by molar-refractivity contribution is 0.338. The molecule has 180 valence electrons. The molecule has 1 aliphatic heterocycles. The Bertz CT molecular complexity index is 1300. The van der Waals surface area contributed by atoms with Crippen molar-refractivity contribution in [2.75, 3.05) is 25.0 Å². The maximum atomic E-state index is 12.5. The molecule has 34 heavy (non-hydrogen) atoms. The van der Waals surface area contributed by atoms with Crippen molar-refractivity contribution in [2.24, 2.45) is 7.05 Å². The SMILES string of the molecule is C=C/C(=C\C=C/C)CNc1cc(C2CCCN(Sc3c(C)[nH]n(C)c3=O)C2)nc2c(Br)cnn12. The molecular formula is C24H30BrN7OS. The van der Waals surface area contributed by atoms with Crippen LogP contribution in [0.1, 0.15) is 37.1 Å². The first-order valence-electron chi connectivity index (χ1n) is 11.3. The van der Waals surface area contributed by atoms with Gasteiger partial charge in [0.2, 0.25) is 0 Å². The van der Waals surface area contributed by atoms with E-state index in [1.165, 1.54) is 4.68 Å². The van der Waals surface area contributed by atoms with Gasteiger partial charge in [-0.15, -0.1) is 0 Å². The largest absolute Gasteiger partial charge is 0.366 e. The van der Waals surface area contributed by atoms with Crippen molar-refractivity contribution in [1.82, 2.24) is 28.7 Å². The van der Waals surface area contributed by atoms with Gasteiger partial charge in [-0.1, -0.05) is 30.9 Å². The van der Waals surface area contributed by atoms with Gasteiger partial charge in [0, 0.05) is 44.4 Å². The van der Waals surface area contributed by atoms with Crippen molar-refractivity contribution in [1.29, 1.82) is 0 Å². The zero-order chi connectivity index (χ0) is 24.2. The maximum Gasteiger partial charge on any atom is 0.281 e. The molecule has 0 radical (unpaired) electrons. The van der Waals surface area contributed by atoms with Crippen LogP contribution in [0.15, 0.2) is 62.9 Å². The quantitative estimate of drug-likeness (QED) is 0.313. The summed E-state index contributed by atoms with van der Waals surface area (Å²) in [6, 6.07) is 2.10. The van der Waals surface area contributed by atoms with Crippen LogP contribution in [0, 0.1) is 6.92 Å². The summed E-state index contributed by atoms with van der Waals surface area (Å²) in [5.41, 5.74) is 3.82. The molecule has 0 aliphatic carbocycles. The number of hydrogen-bond donors (Lipinski definition) is 2. The molecule has 0 aromatic carbocycles. The molecule has 10 heteroatoms. The number of aromatic amines is 1. The number of nitrogens with one attached hydrogen (secondary N) is 2. The summed E-state index contributed by atoms with van der Waals surface area (Å²) >= 11 is 5.14. The van der Waals surface area contributed by atoms with Crippen LogP contribution >= 0.6 is 27.9 Å². The number of allylic oxidation sites excluding steroid dienone is 3. The van der Waals surface area contributed by atoms with E-state index in [9.17, 15) is 4.79 Å². The standard InChI is InChI=1S/C24H30BrN7OS/c1-5-7-9-17(6-2)13-26-21-12-20(28-23-19(25)14-27-32(21)23)18-10-8-11-31(15-18)34-22-16(3)29-30(4)24(22)33/h5-7,9,12,14,18,26,29H,2,8,10-11,13,15H2,1,3-4H3/b7-5-,17-9+. The third kappa shape index (κ3) is 5.24. The first-order chi connectivity index (χ1) is 16.4. The minimum atomic E-state index is 0.0165. The molecule has 1 fully saturated rings. The number of rotatable bonds is 8. The van der Waals surface area contributed by atoms with Gasteiger partial charge in [-0.3, -0.25) is 14.6 Å². The molecule has 0 amide bonds. The minimum absolute atomic E-state index is 0.0165. The Morgan fingerprint density at radius 1 is 1.47 bits per heavy atom. The molecule has 4 heterocycles. The molecule has 0 spiro atoms. The summed E-state index contributed by atoms with van der Waals surface area (Å²) < 4.78 is 6.50. The van der Waals surface area contributed by atoms with E-state index in [1.54, 1.807) is 25.2 Å². The first-order valence-corrected chi connectivity index (χ1v) is 12.9. The number of anilines is 1. The van der Waals surface area contributed by atoms with Gasteiger partial charge >= 0.3 is 0 Å². The van der Waals surface area contributed by atoms with Gasteiger partial charge in [-0.2, -0.15) is 9.61 Å². The summed E-state index contributed by atoms with van der Waals surface area (Å²) in [6.07, 6.45) is 11.8. The number of piperidine rings is 1. The van der Waals surface area contributed by atoms with Gasteiger partial charge in [-0.05, 0) is 60.1 Å². The lowest BCUT2D eigenvalue weighted by atomic mass is 9.96. The Kier molecular flexibility index (Phi) is 7.80. The fraction of sp³-hybridized carbons (Fsp3) is 0.375. The molecule has 3 aromatic heterocycles. The molecule has 0 bridgehead atoms. The van der Waals surface area contributed by atoms with E-state index >= 15 is 0 Å². The van der Waals surface area contributed by atoms with Crippen LogP contribution in [0.25, 0.3) is 5.65 Å². The van der Waals surface area contributed by atoms with E-state index in [1.807, 2.05) is 42.7 Å². The average Bonchev–Trinajstić information content (AvgIpc) is 3.33. The average molecular weight is 545 g/mol. The van der Waals surface area contributed by atoms with Crippen molar-refractivity contribution in [3.63, 3.8) is 0 Å². The Morgan fingerprint density at radius 2 is 2.29 bits per heavy atom. The highest BCUT2D eigenvalue weighted by Crippen LogP contribution is 2.34. The number of nitrogens with zero attached hydrogens (tertiary/aromatic N) is 5. The molecule has 0 saturated carbocycles. The molecular weight excluding hydrogens is 514 g/mol. The van der Waals surface area contributed by atoms with E-state index < -0.39 is 0 Å². The Morgan fingerprint density at radius 3 is 3.00 bits per heavy atom. The van der Waals surface area contributed by atoms with Crippen LogP contribution in [-0.4, -0.2) is 48.3 Å². The highest BCUT2D eigenvalue weighted by Gasteiger charge is 2.26. The van der Waals surface area contributed by atoms with Crippen molar-refractivity contribution in [3.8, 4) is 0 Å². The topological polar surface area (TPSA) is 83.2 Å². The Hall–Kier alpha value is -2.56. The van der Waals surface area contributed by atoms with Crippen LogP contribution < -0.4 is 10.9 Å². The van der Waals surface area contributed by atoms with Crippen LogP contribution in [-0.2, 0) is 7.05 Å². The van der Waals surface area contributed by atoms with E-state index in [2.05, 4.69) is 48.4 Å². The monoisotopic (exact) mass is 543 g/mol. The van der Waals surface area contributed by atoms with Crippen LogP contribution in [0.4, 0.5) is 5.82 Å². The van der Waals surface area contributed by atoms with Crippen molar-refractivity contribution in [2.45, 2.75) is 37.5 Å². The third-order valence-electron chi connectivity index (χ3n) is 5.88. The fourth-order valence-corrected chi connectivity index (χ4v) is 5.55. The zero-order valence-corrected chi connectivity index (χ0v) is 22.1. The Balaban J connectivity index is 1.58. The molecule has 4 rings (SSSR count). The lowest BCUT2D eigenvalue weighted by Gasteiger charge is -2.31. The molecule has 1 saturated heterocycles. The van der Waals surface area contributed by atoms with Crippen molar-refractivity contribution >= 4 is 39.3 Å². The molecule has 8 nitrogen and oxygen atoms in total. The Labute approximate surface area is 212 Å². The zero-order valence-electron chi connectivity index (χ0n) is 19.7. The summed E-state index contributed by atoms with van der Waals surface area (Å²) in [5.74, 6) is 1.15. The minimum Gasteiger partial charge on any atom is -0.366 e. The molecule has 3 aromatic rings. The molecule has 1 aliphatic rings. The fourth-order valence-electron chi connectivity index (χ4n) is 4.07. The normalized spacial score (nSPS) is 17.6. The van der Waals surface area contributed by atoms with Gasteiger partial charge in [0.05, 0.1) is 16.4 Å². The maximum absolute atomic E-state index is 12.5. The van der Waals surface area contributed by atoms with Crippen molar-refractivity contribution in [3.05, 3.63) is 74.9 Å². The van der Waals surface area contributed by atoms with Gasteiger partial charge in [0.25, 0.3) is 5.56 Å². The van der Waals surface area contributed by atoms with Gasteiger partial charge in [-0.25, -0.2) is 9.29 Å². The van der Waals surface area contributed by atoms with E-state index in [0.29, 0.717) is 6.54 Å². The summed E-state index contributed by atoms with van der Waals surface area (Å²) in [4.78, 5) is 18.2. The second kappa shape index (κ2) is 10.8. The number of aromatic nitrogens is 5. The number of aryl methyl sites for hydroxylation is 2. The van der Waals surface area contributed by atoms with E-state index in [0.717, 1.165) is 63.7 Å². The summed E-state index contributed by atoms with van der Waals surface area (Å²) in [7, 11) is 1.75. The van der Waals surface area contributed by atoms with Crippen molar-refractivity contribution < 1.29 is 0 Å². The second-order valence-corrected chi connectivity index (χ2v) is 10.3. The predicted octanol–water partition coefficient (Wildman–Crippen LogP) is 4.81. The lowest BCUT2D eigenvalue weighted by Crippen LogP contribution is -2.30. The smallest absolute Gasteiger partial charge is 0.281 e. The van der Waals surface area contributed by atoms with Crippen LogP contribution in [0.2, 0.25) is 0 Å². The summed E-state index contributed by atoms with van der Waals surface area (Å²) in [5, 5.41) is 11.1. The van der Waals surface area contributed by atoms with E-state index in [-0.39, 0.29) is 11.5 Å². The number of hydrogen-bond acceptors (Lipinski definition) is 6. The summed E-state index contributed by atoms with van der Waals surface area (Å²) in [6.45, 7) is 10.3. The van der Waals surface area contributed by atoms with Gasteiger partial charge < -0.3 is 5.32 Å². The highest BCUT2D eigenvalue weighted by molar-refractivity contribution is 9.10. The number of fused-ring (bicyclic) bond motifs is 1. The molecule has 2 N–H and O–H groups in total. The van der Waals surface area contributed by atoms with E-state index in [4.69, 9.17) is 4.98 Å². The van der Waals surface area contributed by atoms with Gasteiger partial charge in [0.1, 0.15) is 10.7 Å². The van der Waals surface area contributed by atoms with Crippen LogP contribution in [0.5, 0.6) is 0 Å². The third-order valence-corrected chi connectivity index (χ3v) is 7.70. The second-order valence-electron chi connectivity index (χ2n) is 8.37. The predicted molar refractivity (Wildman–Crippen MR) is 142 cm³/mol. The van der Waals surface area contributed by atoms with Crippen LogP contribution in [0.3, 0.4) is 0 Å². The number of halogens is 1. The highest BCUT2D eigenvalue weighted by atomic mass is 79.9. The first kappa shape index (κ1) is 24.6. The molecule has 1 unspecified atom stereocenters. The molecule has 1 atom stereocenters. The number of H-pyrrole nitrogens is 1. The van der Waals surface area contributed by atoms with Gasteiger partial charge in [0.15, 0.2) is 5.65 Å².